The second-order valence-electron chi connectivity index (χ2n) is 4.32. The molecule has 0 amide bonds. The summed E-state index contributed by atoms with van der Waals surface area (Å²) in [7, 11) is 0. The van der Waals surface area contributed by atoms with Gasteiger partial charge >= 0.3 is 0 Å². The second kappa shape index (κ2) is 7.30. The third-order valence-corrected chi connectivity index (χ3v) is 2.63. The smallest absolute Gasteiger partial charge is 0.122 e. The molecular weight excluding hydrogens is 214 g/mol. The van der Waals surface area contributed by atoms with Gasteiger partial charge in [0.2, 0.25) is 0 Å². The molecule has 0 radical (unpaired) electrons. The molecule has 1 unspecified atom stereocenters. The molecule has 1 atom stereocenters. The van der Waals surface area contributed by atoms with E-state index in [9.17, 15) is 0 Å². The van der Waals surface area contributed by atoms with Gasteiger partial charge in [0.1, 0.15) is 18.5 Å². The largest absolute Gasteiger partial charge is 0.491 e. The van der Waals surface area contributed by atoms with Crippen molar-refractivity contribution in [1.29, 1.82) is 0 Å². The Hall–Kier alpha value is -1.06. The fourth-order valence-electron chi connectivity index (χ4n) is 1.69. The van der Waals surface area contributed by atoms with Crippen molar-refractivity contribution in [2.24, 2.45) is 5.73 Å². The Kier molecular flexibility index (Phi) is 6.01. The molecule has 0 aliphatic rings. The summed E-state index contributed by atoms with van der Waals surface area (Å²) in [6.45, 7) is 7.93. The van der Waals surface area contributed by atoms with E-state index in [0.29, 0.717) is 25.7 Å². The summed E-state index contributed by atoms with van der Waals surface area (Å²) in [5.74, 6) is 1.38. The van der Waals surface area contributed by atoms with Crippen LogP contribution in [0, 0.1) is 0 Å². The fraction of sp³-hybridized carbons (Fsp3) is 0.571. The molecule has 0 aliphatic carbocycles. The molecule has 0 bridgehead atoms. The van der Waals surface area contributed by atoms with E-state index in [4.69, 9.17) is 15.2 Å². The zero-order chi connectivity index (χ0) is 12.7. The van der Waals surface area contributed by atoms with Gasteiger partial charge in [0, 0.05) is 13.2 Å². The first kappa shape index (κ1) is 14.0. The summed E-state index contributed by atoms with van der Waals surface area (Å²) in [6.07, 6.45) is -0.0276. The van der Waals surface area contributed by atoms with Crippen molar-refractivity contribution in [3.8, 4) is 5.75 Å². The quantitative estimate of drug-likeness (QED) is 0.792. The van der Waals surface area contributed by atoms with Crippen LogP contribution < -0.4 is 10.5 Å². The van der Waals surface area contributed by atoms with Crippen LogP contribution in [0.4, 0.5) is 0 Å². The first-order valence-electron chi connectivity index (χ1n) is 6.22. The van der Waals surface area contributed by atoms with Crippen LogP contribution in [0.25, 0.3) is 0 Å². The molecule has 0 aromatic heterocycles. The van der Waals surface area contributed by atoms with Gasteiger partial charge in [-0.15, -0.1) is 0 Å². The highest BCUT2D eigenvalue weighted by atomic mass is 16.5. The van der Waals surface area contributed by atoms with Gasteiger partial charge < -0.3 is 15.2 Å². The SMILES string of the molecule is CCOC(CN)COc1ccccc1C(C)C. The van der Waals surface area contributed by atoms with Gasteiger partial charge in [-0.3, -0.25) is 0 Å². The lowest BCUT2D eigenvalue weighted by Crippen LogP contribution is -2.30. The number of para-hydroxylation sites is 1. The second-order valence-corrected chi connectivity index (χ2v) is 4.32. The normalized spacial score (nSPS) is 12.8. The molecule has 0 heterocycles. The van der Waals surface area contributed by atoms with Crippen LogP contribution in [0.15, 0.2) is 24.3 Å². The van der Waals surface area contributed by atoms with Crippen molar-refractivity contribution in [3.05, 3.63) is 29.8 Å². The molecule has 17 heavy (non-hydrogen) atoms. The molecular formula is C14H23NO2. The van der Waals surface area contributed by atoms with Crippen molar-refractivity contribution >= 4 is 0 Å². The maximum Gasteiger partial charge on any atom is 0.122 e. The fourth-order valence-corrected chi connectivity index (χ4v) is 1.69. The van der Waals surface area contributed by atoms with Crippen LogP contribution in [0.5, 0.6) is 5.75 Å². The van der Waals surface area contributed by atoms with Gasteiger partial charge in [0.25, 0.3) is 0 Å². The maximum absolute atomic E-state index is 5.80. The standard InChI is InChI=1S/C14H23NO2/c1-4-16-12(9-15)10-17-14-8-6-5-7-13(14)11(2)3/h5-8,11-12H,4,9-10,15H2,1-3H3. The predicted molar refractivity (Wildman–Crippen MR) is 70.5 cm³/mol. The predicted octanol–water partition coefficient (Wildman–Crippen LogP) is 2.55. The summed E-state index contributed by atoms with van der Waals surface area (Å²) in [6, 6.07) is 8.11. The molecule has 96 valence electrons. The number of ether oxygens (including phenoxy) is 2. The van der Waals surface area contributed by atoms with E-state index in [1.54, 1.807) is 0 Å². The molecule has 3 heteroatoms. The van der Waals surface area contributed by atoms with E-state index in [1.165, 1.54) is 5.56 Å². The van der Waals surface area contributed by atoms with Crippen LogP contribution in [-0.4, -0.2) is 25.9 Å². The molecule has 0 saturated carbocycles. The monoisotopic (exact) mass is 237 g/mol. The minimum atomic E-state index is -0.0276. The average Bonchev–Trinajstić information content (AvgIpc) is 2.34. The summed E-state index contributed by atoms with van der Waals surface area (Å²) in [5.41, 5.74) is 6.84. The minimum absolute atomic E-state index is 0.0276. The molecule has 0 fully saturated rings. The first-order chi connectivity index (χ1) is 8.19. The topological polar surface area (TPSA) is 44.5 Å². The van der Waals surface area contributed by atoms with Gasteiger partial charge in [-0.05, 0) is 24.5 Å². The Balaban J connectivity index is 2.61. The van der Waals surface area contributed by atoms with E-state index in [-0.39, 0.29) is 6.10 Å². The zero-order valence-electron chi connectivity index (χ0n) is 11.0. The van der Waals surface area contributed by atoms with Gasteiger partial charge in [-0.2, -0.15) is 0 Å². The highest BCUT2D eigenvalue weighted by molar-refractivity contribution is 5.35. The molecule has 1 rings (SSSR count). The van der Waals surface area contributed by atoms with E-state index < -0.39 is 0 Å². The summed E-state index contributed by atoms with van der Waals surface area (Å²) >= 11 is 0. The van der Waals surface area contributed by atoms with Crippen LogP contribution in [0.2, 0.25) is 0 Å². The average molecular weight is 237 g/mol. The number of benzene rings is 1. The number of hydrogen-bond donors (Lipinski definition) is 1. The van der Waals surface area contributed by atoms with E-state index in [1.807, 2.05) is 25.1 Å². The number of nitrogens with two attached hydrogens (primary N) is 1. The Labute approximate surface area is 104 Å². The lowest BCUT2D eigenvalue weighted by molar-refractivity contribution is 0.0334. The molecule has 2 N–H and O–H groups in total. The molecule has 0 spiro atoms. The van der Waals surface area contributed by atoms with Gasteiger partial charge in [-0.25, -0.2) is 0 Å². The van der Waals surface area contributed by atoms with E-state index in [2.05, 4.69) is 19.9 Å². The van der Waals surface area contributed by atoms with Crippen molar-refractivity contribution < 1.29 is 9.47 Å². The highest BCUT2D eigenvalue weighted by Crippen LogP contribution is 2.25. The first-order valence-corrected chi connectivity index (χ1v) is 6.22. The van der Waals surface area contributed by atoms with Gasteiger partial charge in [0.15, 0.2) is 0 Å². The third-order valence-electron chi connectivity index (χ3n) is 2.63. The van der Waals surface area contributed by atoms with Crippen molar-refractivity contribution in [2.45, 2.75) is 32.8 Å². The zero-order valence-corrected chi connectivity index (χ0v) is 11.0. The van der Waals surface area contributed by atoms with E-state index in [0.717, 1.165) is 5.75 Å². The van der Waals surface area contributed by atoms with E-state index >= 15 is 0 Å². The maximum atomic E-state index is 5.80. The lowest BCUT2D eigenvalue weighted by Gasteiger charge is -2.18. The molecule has 1 aromatic rings. The van der Waals surface area contributed by atoms with Crippen LogP contribution in [0.1, 0.15) is 32.3 Å². The highest BCUT2D eigenvalue weighted by Gasteiger charge is 2.10. The summed E-state index contributed by atoms with van der Waals surface area (Å²) < 4.78 is 11.3. The van der Waals surface area contributed by atoms with Crippen LogP contribution in [-0.2, 0) is 4.74 Å². The lowest BCUT2D eigenvalue weighted by atomic mass is 10.0. The number of hydrogen-bond acceptors (Lipinski definition) is 3. The van der Waals surface area contributed by atoms with Crippen LogP contribution in [0.3, 0.4) is 0 Å². The molecule has 1 aromatic carbocycles. The Morgan fingerprint density at radius 2 is 1.94 bits per heavy atom. The van der Waals surface area contributed by atoms with Crippen molar-refractivity contribution in [2.75, 3.05) is 19.8 Å². The van der Waals surface area contributed by atoms with Crippen LogP contribution >= 0.6 is 0 Å². The molecule has 0 aliphatic heterocycles. The molecule has 3 nitrogen and oxygen atoms in total. The van der Waals surface area contributed by atoms with Crippen molar-refractivity contribution in [3.63, 3.8) is 0 Å². The third kappa shape index (κ3) is 4.36. The Morgan fingerprint density at radius 3 is 2.53 bits per heavy atom. The van der Waals surface area contributed by atoms with Gasteiger partial charge in [0.05, 0.1) is 0 Å². The van der Waals surface area contributed by atoms with Crippen molar-refractivity contribution in [1.82, 2.24) is 0 Å². The Morgan fingerprint density at radius 1 is 1.24 bits per heavy atom. The summed E-state index contributed by atoms with van der Waals surface area (Å²) in [4.78, 5) is 0. The number of rotatable bonds is 7. The minimum Gasteiger partial charge on any atom is -0.491 e. The Bertz CT molecular complexity index is 326. The van der Waals surface area contributed by atoms with Gasteiger partial charge in [-0.1, -0.05) is 32.0 Å². The molecule has 0 saturated heterocycles. The summed E-state index contributed by atoms with van der Waals surface area (Å²) in [5, 5.41) is 0.